The average molecular weight is 284 g/mol. The smallest absolute Gasteiger partial charge is 0.294 e. The number of phenolic OH excluding ortho intramolecular Hbond substituents is 2. The summed E-state index contributed by atoms with van der Waals surface area (Å²) in [6.07, 6.45) is 0.349. The summed E-state index contributed by atoms with van der Waals surface area (Å²) in [5, 5.41) is 30.1. The molecule has 8 heteroatoms. The zero-order valence-corrected chi connectivity index (χ0v) is 10.9. The second-order valence-electron chi connectivity index (χ2n) is 4.30. The minimum Gasteiger partial charge on any atom is -0.504 e. The lowest BCUT2D eigenvalue weighted by Gasteiger charge is -2.14. The number of carbonyl (C=O) groups is 1. The number of aromatic hydroxyl groups is 2. The molecule has 1 rings (SSSR count). The zero-order valence-electron chi connectivity index (χ0n) is 10.9. The van der Waals surface area contributed by atoms with Crippen LogP contribution in [-0.2, 0) is 16.1 Å². The third kappa shape index (κ3) is 5.42. The highest BCUT2D eigenvalue weighted by molar-refractivity contribution is 5.76. The Kier molecular flexibility index (Phi) is 5.57. The summed E-state index contributed by atoms with van der Waals surface area (Å²) in [5.74, 6) is -0.787. The van der Waals surface area contributed by atoms with Gasteiger partial charge in [-0.25, -0.2) is 0 Å². The van der Waals surface area contributed by atoms with Crippen LogP contribution in [0.25, 0.3) is 0 Å². The number of nitrogens with one attached hydrogen (secondary N) is 1. The molecule has 0 fully saturated rings. The topological polar surface area (TPSA) is 122 Å². The molecule has 0 aromatic heterocycles. The van der Waals surface area contributed by atoms with E-state index in [1.54, 1.807) is 13.0 Å². The van der Waals surface area contributed by atoms with Gasteiger partial charge in [-0.15, -0.1) is 10.1 Å². The van der Waals surface area contributed by atoms with Crippen molar-refractivity contribution in [3.8, 4) is 11.5 Å². The molecule has 110 valence electrons. The predicted octanol–water partition coefficient (Wildman–Crippen LogP) is 0.743. The van der Waals surface area contributed by atoms with Crippen molar-refractivity contribution in [2.45, 2.75) is 25.8 Å². The quantitative estimate of drug-likeness (QED) is 0.385. The van der Waals surface area contributed by atoms with Crippen molar-refractivity contribution in [3.05, 3.63) is 33.9 Å². The molecule has 0 saturated carbocycles. The van der Waals surface area contributed by atoms with Crippen LogP contribution < -0.4 is 5.32 Å². The van der Waals surface area contributed by atoms with Crippen LogP contribution in [0.3, 0.4) is 0 Å². The largest absolute Gasteiger partial charge is 0.504 e. The van der Waals surface area contributed by atoms with Gasteiger partial charge < -0.3 is 20.4 Å². The summed E-state index contributed by atoms with van der Waals surface area (Å²) in [6.45, 7) is 1.47. The molecular weight excluding hydrogens is 268 g/mol. The van der Waals surface area contributed by atoms with E-state index in [0.717, 1.165) is 5.56 Å². The van der Waals surface area contributed by atoms with Crippen LogP contribution in [0.2, 0.25) is 0 Å². The molecule has 0 aliphatic rings. The predicted molar refractivity (Wildman–Crippen MR) is 68.6 cm³/mol. The maximum atomic E-state index is 11.4. The van der Waals surface area contributed by atoms with E-state index in [1.807, 2.05) is 0 Å². The standard InChI is InChI=1S/C12H16N2O6/c1-8(13-12(17)4-5-20-14(18)19)6-9-2-3-10(15)11(16)7-9/h2-3,7-8,15-16H,4-6H2,1H3,(H,13,17). The van der Waals surface area contributed by atoms with Crippen LogP contribution in [0.5, 0.6) is 11.5 Å². The summed E-state index contributed by atoms with van der Waals surface area (Å²) in [7, 11) is 0. The van der Waals surface area contributed by atoms with Crippen molar-refractivity contribution < 1.29 is 24.9 Å². The monoisotopic (exact) mass is 284 g/mol. The Bertz CT molecular complexity index is 491. The lowest BCUT2D eigenvalue weighted by Crippen LogP contribution is -2.34. The van der Waals surface area contributed by atoms with Crippen molar-refractivity contribution in [2.24, 2.45) is 0 Å². The van der Waals surface area contributed by atoms with Crippen molar-refractivity contribution in [1.29, 1.82) is 0 Å². The number of rotatable bonds is 7. The van der Waals surface area contributed by atoms with E-state index in [9.17, 15) is 25.1 Å². The van der Waals surface area contributed by atoms with Crippen LogP contribution in [0.15, 0.2) is 18.2 Å². The molecule has 0 heterocycles. The highest BCUT2D eigenvalue weighted by Gasteiger charge is 2.10. The number of carbonyl (C=O) groups excluding carboxylic acids is 1. The highest BCUT2D eigenvalue weighted by Crippen LogP contribution is 2.25. The summed E-state index contributed by atoms with van der Waals surface area (Å²) in [4.78, 5) is 25.4. The first-order valence-corrected chi connectivity index (χ1v) is 5.96. The van der Waals surface area contributed by atoms with Gasteiger partial charge in [-0.2, -0.15) is 0 Å². The van der Waals surface area contributed by atoms with E-state index in [4.69, 9.17) is 0 Å². The fourth-order valence-electron chi connectivity index (χ4n) is 1.66. The van der Waals surface area contributed by atoms with E-state index >= 15 is 0 Å². The molecule has 20 heavy (non-hydrogen) atoms. The second-order valence-corrected chi connectivity index (χ2v) is 4.30. The molecule has 3 N–H and O–H groups in total. The maximum absolute atomic E-state index is 11.4. The van der Waals surface area contributed by atoms with Gasteiger partial charge in [0.05, 0.1) is 6.42 Å². The maximum Gasteiger partial charge on any atom is 0.294 e. The Morgan fingerprint density at radius 2 is 2.15 bits per heavy atom. The van der Waals surface area contributed by atoms with Gasteiger partial charge in [0.1, 0.15) is 6.61 Å². The number of hydrogen-bond donors (Lipinski definition) is 3. The SMILES string of the molecule is CC(Cc1ccc(O)c(O)c1)NC(=O)CCO[N+](=O)[O-]. The molecule has 0 bridgehead atoms. The van der Waals surface area contributed by atoms with E-state index in [2.05, 4.69) is 10.2 Å². The Hall–Kier alpha value is -2.51. The molecule has 0 radical (unpaired) electrons. The fourth-order valence-corrected chi connectivity index (χ4v) is 1.66. The van der Waals surface area contributed by atoms with Crippen molar-refractivity contribution in [1.82, 2.24) is 5.32 Å². The number of hydrogen-bond acceptors (Lipinski definition) is 6. The van der Waals surface area contributed by atoms with Gasteiger partial charge in [0.2, 0.25) is 5.91 Å². The number of nitrogens with zero attached hydrogens (tertiary/aromatic N) is 1. The molecular formula is C12H16N2O6. The first-order chi connectivity index (χ1) is 9.38. The summed E-state index contributed by atoms with van der Waals surface area (Å²) in [5.41, 5.74) is 0.745. The van der Waals surface area contributed by atoms with Gasteiger partial charge in [-0.3, -0.25) is 4.79 Å². The minimum absolute atomic E-state index is 0.105. The lowest BCUT2D eigenvalue weighted by molar-refractivity contribution is -0.757. The van der Waals surface area contributed by atoms with Crippen LogP contribution in [-0.4, -0.2) is 33.9 Å². The van der Waals surface area contributed by atoms with E-state index in [0.29, 0.717) is 6.42 Å². The molecule has 0 aliphatic heterocycles. The zero-order chi connectivity index (χ0) is 15.1. The van der Waals surface area contributed by atoms with Crippen LogP contribution in [0, 0.1) is 10.1 Å². The normalized spacial score (nSPS) is 11.7. The van der Waals surface area contributed by atoms with Gasteiger partial charge in [0, 0.05) is 6.04 Å². The van der Waals surface area contributed by atoms with Crippen LogP contribution in [0.1, 0.15) is 18.9 Å². The van der Waals surface area contributed by atoms with Crippen molar-refractivity contribution in [3.63, 3.8) is 0 Å². The Morgan fingerprint density at radius 1 is 1.45 bits per heavy atom. The molecule has 1 atom stereocenters. The minimum atomic E-state index is -0.948. The molecule has 1 amide bonds. The summed E-state index contributed by atoms with van der Waals surface area (Å²) in [6, 6.07) is 4.19. The van der Waals surface area contributed by atoms with Gasteiger partial charge in [0.25, 0.3) is 5.09 Å². The third-order valence-corrected chi connectivity index (χ3v) is 2.51. The first-order valence-electron chi connectivity index (χ1n) is 5.96. The van der Waals surface area contributed by atoms with Crippen LogP contribution >= 0.6 is 0 Å². The molecule has 1 aromatic carbocycles. The van der Waals surface area contributed by atoms with Crippen LogP contribution in [0.4, 0.5) is 0 Å². The van der Waals surface area contributed by atoms with Crippen molar-refractivity contribution >= 4 is 5.91 Å². The van der Waals surface area contributed by atoms with Crippen molar-refractivity contribution in [2.75, 3.05) is 6.61 Å². The molecule has 0 aliphatic carbocycles. The highest BCUT2D eigenvalue weighted by atomic mass is 16.9. The number of phenols is 2. The van der Waals surface area contributed by atoms with E-state index < -0.39 is 5.09 Å². The second kappa shape index (κ2) is 7.17. The van der Waals surface area contributed by atoms with Gasteiger partial charge in [-0.05, 0) is 31.0 Å². The van der Waals surface area contributed by atoms with Gasteiger partial charge in [0.15, 0.2) is 11.5 Å². The Balaban J connectivity index is 2.38. The molecule has 1 unspecified atom stereocenters. The molecule has 1 aromatic rings. The Labute approximate surface area is 115 Å². The number of benzene rings is 1. The molecule has 0 spiro atoms. The molecule has 0 saturated heterocycles. The Morgan fingerprint density at radius 3 is 2.75 bits per heavy atom. The summed E-state index contributed by atoms with van der Waals surface area (Å²) >= 11 is 0. The summed E-state index contributed by atoms with van der Waals surface area (Å²) < 4.78 is 0. The molecule has 8 nitrogen and oxygen atoms in total. The van der Waals surface area contributed by atoms with E-state index in [1.165, 1.54) is 12.1 Å². The van der Waals surface area contributed by atoms with Gasteiger partial charge >= 0.3 is 0 Å². The first kappa shape index (κ1) is 15.5. The van der Waals surface area contributed by atoms with Gasteiger partial charge in [-0.1, -0.05) is 6.07 Å². The number of amides is 1. The van der Waals surface area contributed by atoms with E-state index in [-0.39, 0.29) is 36.5 Å². The average Bonchev–Trinajstić information content (AvgIpc) is 2.33. The fraction of sp³-hybridized carbons (Fsp3) is 0.417. The third-order valence-electron chi connectivity index (χ3n) is 2.51. The lowest BCUT2D eigenvalue weighted by atomic mass is 10.1.